The minimum absolute atomic E-state index is 0.0743. The molecular weight excluding hydrogens is 570 g/mol. The Morgan fingerprint density at radius 2 is 1.72 bits per heavy atom. The van der Waals surface area contributed by atoms with Gasteiger partial charge in [-0.3, -0.25) is 24.1 Å². The molecule has 3 aliphatic heterocycles. The Morgan fingerprint density at radius 1 is 1.02 bits per heavy atom. The average Bonchev–Trinajstić information content (AvgIpc) is 3.32. The van der Waals surface area contributed by atoms with Crippen LogP contribution in [0.3, 0.4) is 0 Å². The second kappa shape index (κ2) is 13.3. The molecule has 3 heterocycles. The van der Waals surface area contributed by atoms with E-state index < -0.39 is 15.9 Å². The fraction of sp³-hybridized carbons (Fsp3) is 0.677. The number of rotatable bonds is 4. The van der Waals surface area contributed by atoms with Crippen molar-refractivity contribution < 1.29 is 27.6 Å². The summed E-state index contributed by atoms with van der Waals surface area (Å²) < 4.78 is 23.7. The number of hydrogen-bond donors (Lipinski definition) is 2. The number of nitrogens with zero attached hydrogens (tertiary/aromatic N) is 3. The van der Waals surface area contributed by atoms with Gasteiger partial charge in [-0.1, -0.05) is 32.9 Å². The van der Waals surface area contributed by atoms with Gasteiger partial charge in [-0.15, -0.1) is 0 Å². The van der Waals surface area contributed by atoms with Gasteiger partial charge in [0.15, 0.2) is 9.84 Å². The molecule has 4 rings (SSSR count). The fourth-order valence-corrected chi connectivity index (χ4v) is 7.10. The van der Waals surface area contributed by atoms with Crippen molar-refractivity contribution in [1.29, 1.82) is 0 Å². The van der Waals surface area contributed by atoms with Crippen molar-refractivity contribution in [3.8, 4) is 0 Å². The second-order valence-electron chi connectivity index (χ2n) is 13.8. The van der Waals surface area contributed by atoms with Crippen molar-refractivity contribution in [1.82, 2.24) is 25.3 Å². The van der Waals surface area contributed by atoms with E-state index in [2.05, 4.69) is 15.5 Å². The van der Waals surface area contributed by atoms with E-state index in [0.29, 0.717) is 38.8 Å². The van der Waals surface area contributed by atoms with Gasteiger partial charge < -0.3 is 20.4 Å². The van der Waals surface area contributed by atoms with Crippen LogP contribution in [0, 0.1) is 17.3 Å². The first kappa shape index (κ1) is 32.9. The number of fused-ring (bicyclic) bond motifs is 3. The Kier molecular flexibility index (Phi) is 10.2. The minimum atomic E-state index is -3.26. The summed E-state index contributed by atoms with van der Waals surface area (Å²) in [7, 11) is -1.62. The Hall–Kier alpha value is -2.99. The van der Waals surface area contributed by atoms with Crippen LogP contribution in [0.25, 0.3) is 0 Å². The molecule has 12 heteroatoms. The van der Waals surface area contributed by atoms with E-state index in [-0.39, 0.29) is 64.9 Å². The van der Waals surface area contributed by atoms with Crippen LogP contribution in [-0.4, -0.2) is 105 Å². The largest absolute Gasteiger partial charge is 0.354 e. The molecule has 0 aliphatic carbocycles. The third kappa shape index (κ3) is 9.01. The molecule has 43 heavy (non-hydrogen) atoms. The summed E-state index contributed by atoms with van der Waals surface area (Å²) >= 11 is 0. The zero-order chi connectivity index (χ0) is 31.5. The molecule has 238 valence electrons. The van der Waals surface area contributed by atoms with E-state index in [9.17, 15) is 27.6 Å². The lowest BCUT2D eigenvalue weighted by Crippen LogP contribution is -2.48. The first-order valence-electron chi connectivity index (χ1n) is 15.2. The van der Waals surface area contributed by atoms with Crippen LogP contribution in [0.4, 0.5) is 0 Å². The number of carbonyl (C=O) groups excluding carboxylic acids is 4. The van der Waals surface area contributed by atoms with Gasteiger partial charge in [-0.25, -0.2) is 8.42 Å². The summed E-state index contributed by atoms with van der Waals surface area (Å²) in [4.78, 5) is 58.3. The maximum Gasteiger partial charge on any atom is 0.242 e. The Morgan fingerprint density at radius 3 is 2.37 bits per heavy atom. The third-order valence-electron chi connectivity index (χ3n) is 8.76. The Bertz CT molecular complexity index is 1310. The Balaban J connectivity index is 1.48. The van der Waals surface area contributed by atoms with Gasteiger partial charge in [0.2, 0.25) is 23.6 Å². The zero-order valence-electron chi connectivity index (χ0n) is 26.1. The van der Waals surface area contributed by atoms with Crippen molar-refractivity contribution in [2.24, 2.45) is 17.3 Å². The highest BCUT2D eigenvalue weighted by atomic mass is 32.2. The summed E-state index contributed by atoms with van der Waals surface area (Å²) in [5.41, 5.74) is 0.769. The first-order valence-corrected chi connectivity index (χ1v) is 17.1. The van der Waals surface area contributed by atoms with Gasteiger partial charge in [0.1, 0.15) is 6.04 Å². The molecule has 4 atom stereocenters. The number of likely N-dealkylation sites (tertiary alicyclic amines) is 2. The summed E-state index contributed by atoms with van der Waals surface area (Å²) in [5, 5.41) is 6.01. The SMILES string of the molecule is CN1CC(=O)N[C@@H]2C[C@@H](C(=O)NCC[C@H]3CN(Cc4ccc(S(C)(=O)=O)cc4)CC[C@H]3CC1=O)N(C(=O)CC(C)(C)C)C2. The molecule has 1 aromatic rings. The number of nitrogens with one attached hydrogen (secondary N) is 2. The molecule has 1 aromatic carbocycles. The molecule has 0 radical (unpaired) electrons. The number of carbonyl (C=O) groups is 4. The number of hydrogen-bond acceptors (Lipinski definition) is 7. The van der Waals surface area contributed by atoms with Gasteiger partial charge in [0, 0.05) is 58.4 Å². The van der Waals surface area contributed by atoms with Crippen molar-refractivity contribution in [2.45, 2.75) is 76.4 Å². The molecule has 0 unspecified atom stereocenters. The third-order valence-corrected chi connectivity index (χ3v) is 9.89. The minimum Gasteiger partial charge on any atom is -0.354 e. The predicted octanol–water partition coefficient (Wildman–Crippen LogP) is 1.42. The monoisotopic (exact) mass is 617 g/mol. The van der Waals surface area contributed by atoms with Crippen molar-refractivity contribution in [3.63, 3.8) is 0 Å². The highest BCUT2D eigenvalue weighted by Gasteiger charge is 2.41. The zero-order valence-corrected chi connectivity index (χ0v) is 26.9. The number of benzene rings is 1. The van der Waals surface area contributed by atoms with Crippen LogP contribution in [-0.2, 0) is 35.6 Å². The summed E-state index contributed by atoms with van der Waals surface area (Å²) in [6.45, 7) is 8.73. The molecule has 0 aromatic heterocycles. The normalized spacial score (nSPS) is 26.7. The summed E-state index contributed by atoms with van der Waals surface area (Å²) in [5.74, 6) is -0.461. The predicted molar refractivity (Wildman–Crippen MR) is 162 cm³/mol. The van der Waals surface area contributed by atoms with Crippen LogP contribution in [0.15, 0.2) is 29.2 Å². The number of piperidine rings is 1. The Labute approximate surface area is 255 Å². The topological polar surface area (TPSA) is 136 Å². The van der Waals surface area contributed by atoms with Crippen molar-refractivity contribution in [3.05, 3.63) is 29.8 Å². The maximum absolute atomic E-state index is 13.4. The molecule has 3 saturated heterocycles. The lowest BCUT2D eigenvalue weighted by atomic mass is 9.80. The van der Waals surface area contributed by atoms with Gasteiger partial charge >= 0.3 is 0 Å². The second-order valence-corrected chi connectivity index (χ2v) is 15.8. The van der Waals surface area contributed by atoms with Crippen LogP contribution in [0.5, 0.6) is 0 Å². The molecular formula is C31H47N5O6S. The molecule has 2 N–H and O–H groups in total. The van der Waals surface area contributed by atoms with Gasteiger partial charge in [0.05, 0.1) is 11.4 Å². The van der Waals surface area contributed by atoms with E-state index in [4.69, 9.17) is 0 Å². The van der Waals surface area contributed by atoms with Crippen molar-refractivity contribution >= 4 is 33.5 Å². The highest BCUT2D eigenvalue weighted by molar-refractivity contribution is 7.90. The highest BCUT2D eigenvalue weighted by Crippen LogP contribution is 2.31. The standard InChI is InChI=1S/C31H47N5O6S/c1-31(2,3)16-29(39)36-19-24-15-26(36)30(40)32-12-10-23-18-35(17-21-6-8-25(9-7-21)43(5,41)42)13-11-22(23)14-28(38)34(4)20-27(37)33-24/h6-9,22-24,26H,10-20H2,1-5H3,(H,32,40)(H,33,37)/t22-,23-,24+,26-/m0/s1. The van der Waals surface area contributed by atoms with Crippen LogP contribution in [0.2, 0.25) is 0 Å². The molecule has 4 amide bonds. The number of amides is 4. The molecule has 2 bridgehead atoms. The van der Waals surface area contributed by atoms with Gasteiger partial charge in [0.25, 0.3) is 0 Å². The summed E-state index contributed by atoms with van der Waals surface area (Å²) in [6.07, 6.45) is 3.64. The molecule has 0 saturated carbocycles. The molecule has 3 fully saturated rings. The quantitative estimate of drug-likeness (QED) is 0.522. The van der Waals surface area contributed by atoms with E-state index in [1.165, 1.54) is 11.2 Å². The lowest BCUT2D eigenvalue weighted by Gasteiger charge is -2.39. The fourth-order valence-electron chi connectivity index (χ4n) is 6.47. The smallest absolute Gasteiger partial charge is 0.242 e. The van der Waals surface area contributed by atoms with Crippen LogP contribution >= 0.6 is 0 Å². The van der Waals surface area contributed by atoms with Crippen LogP contribution < -0.4 is 10.6 Å². The van der Waals surface area contributed by atoms with E-state index in [1.807, 2.05) is 32.9 Å². The lowest BCUT2D eigenvalue weighted by molar-refractivity contribution is -0.140. The molecule has 0 spiro atoms. The summed E-state index contributed by atoms with van der Waals surface area (Å²) in [6, 6.07) is 5.92. The van der Waals surface area contributed by atoms with Crippen molar-refractivity contribution in [2.75, 3.05) is 46.0 Å². The molecule has 11 nitrogen and oxygen atoms in total. The molecule has 3 aliphatic rings. The van der Waals surface area contributed by atoms with E-state index in [0.717, 1.165) is 25.1 Å². The van der Waals surface area contributed by atoms with E-state index in [1.54, 1.807) is 24.1 Å². The number of sulfone groups is 1. The van der Waals surface area contributed by atoms with Crippen LogP contribution in [0.1, 0.15) is 58.4 Å². The average molecular weight is 618 g/mol. The maximum atomic E-state index is 13.4. The number of likely N-dealkylation sites (N-methyl/N-ethyl adjacent to an activating group) is 1. The first-order chi connectivity index (χ1) is 20.1. The van der Waals surface area contributed by atoms with E-state index >= 15 is 0 Å². The van der Waals surface area contributed by atoms with Gasteiger partial charge in [-0.05, 0) is 60.8 Å². The van der Waals surface area contributed by atoms with Gasteiger partial charge in [-0.2, -0.15) is 0 Å².